The molecule has 0 spiro atoms. The molecular formula is C18H22N2O2. The Hall–Kier alpha value is -2.36. The molecule has 1 saturated heterocycles. The van der Waals surface area contributed by atoms with Crippen molar-refractivity contribution in [1.29, 1.82) is 0 Å². The number of rotatable bonds is 2. The number of aryl methyl sites for hydroxylation is 2. The maximum absolute atomic E-state index is 9.63. The summed E-state index contributed by atoms with van der Waals surface area (Å²) in [6, 6.07) is 11.6. The van der Waals surface area contributed by atoms with Crippen molar-refractivity contribution in [2.24, 2.45) is 0 Å². The minimum absolute atomic E-state index is 0.349. The van der Waals surface area contributed by atoms with Crippen LogP contribution in [-0.4, -0.2) is 36.4 Å². The van der Waals surface area contributed by atoms with Crippen LogP contribution >= 0.6 is 0 Å². The summed E-state index contributed by atoms with van der Waals surface area (Å²) >= 11 is 0. The molecule has 0 radical (unpaired) electrons. The van der Waals surface area contributed by atoms with Crippen molar-refractivity contribution in [1.82, 2.24) is 0 Å². The van der Waals surface area contributed by atoms with Gasteiger partial charge in [0.1, 0.15) is 11.5 Å². The minimum Gasteiger partial charge on any atom is -0.508 e. The van der Waals surface area contributed by atoms with E-state index in [2.05, 4.69) is 9.80 Å². The van der Waals surface area contributed by atoms with Gasteiger partial charge in [-0.25, -0.2) is 0 Å². The van der Waals surface area contributed by atoms with E-state index in [1.54, 1.807) is 12.1 Å². The highest BCUT2D eigenvalue weighted by Crippen LogP contribution is 2.27. The van der Waals surface area contributed by atoms with E-state index in [-0.39, 0.29) is 0 Å². The van der Waals surface area contributed by atoms with Crippen LogP contribution in [0.2, 0.25) is 0 Å². The van der Waals surface area contributed by atoms with Gasteiger partial charge in [-0.05, 0) is 61.4 Å². The Bertz CT molecular complexity index is 617. The Balaban J connectivity index is 1.69. The van der Waals surface area contributed by atoms with Crippen molar-refractivity contribution >= 4 is 11.4 Å². The molecule has 0 saturated carbocycles. The zero-order chi connectivity index (χ0) is 15.7. The zero-order valence-corrected chi connectivity index (χ0v) is 13.1. The van der Waals surface area contributed by atoms with E-state index in [4.69, 9.17) is 0 Å². The molecule has 2 aromatic rings. The molecule has 4 nitrogen and oxygen atoms in total. The summed E-state index contributed by atoms with van der Waals surface area (Å²) in [5.74, 6) is 0.698. The van der Waals surface area contributed by atoms with Gasteiger partial charge >= 0.3 is 0 Å². The van der Waals surface area contributed by atoms with E-state index >= 15 is 0 Å². The Morgan fingerprint density at radius 3 is 1.36 bits per heavy atom. The quantitative estimate of drug-likeness (QED) is 0.894. The highest BCUT2D eigenvalue weighted by atomic mass is 16.3. The second-order valence-electron chi connectivity index (χ2n) is 5.92. The summed E-state index contributed by atoms with van der Waals surface area (Å²) in [6.45, 7) is 7.64. The van der Waals surface area contributed by atoms with Crippen LogP contribution in [0.1, 0.15) is 11.1 Å². The second-order valence-corrected chi connectivity index (χ2v) is 5.92. The van der Waals surface area contributed by atoms with Gasteiger partial charge in [0, 0.05) is 37.6 Å². The smallest absolute Gasteiger partial charge is 0.118 e. The fourth-order valence-electron chi connectivity index (χ4n) is 2.90. The van der Waals surface area contributed by atoms with Crippen molar-refractivity contribution in [3.63, 3.8) is 0 Å². The van der Waals surface area contributed by atoms with Gasteiger partial charge in [-0.2, -0.15) is 0 Å². The Morgan fingerprint density at radius 2 is 1.05 bits per heavy atom. The molecule has 4 heteroatoms. The molecule has 22 heavy (non-hydrogen) atoms. The molecule has 0 atom stereocenters. The number of benzene rings is 2. The molecule has 1 heterocycles. The Kier molecular flexibility index (Phi) is 3.84. The first-order valence-corrected chi connectivity index (χ1v) is 7.64. The predicted molar refractivity (Wildman–Crippen MR) is 90.1 cm³/mol. The van der Waals surface area contributed by atoms with E-state index in [9.17, 15) is 10.2 Å². The molecule has 0 unspecified atom stereocenters. The van der Waals surface area contributed by atoms with Crippen molar-refractivity contribution in [2.75, 3.05) is 36.0 Å². The van der Waals surface area contributed by atoms with Crippen LogP contribution in [-0.2, 0) is 0 Å². The van der Waals surface area contributed by atoms with Gasteiger partial charge in [0.25, 0.3) is 0 Å². The van der Waals surface area contributed by atoms with Gasteiger partial charge in [0.2, 0.25) is 0 Å². The van der Waals surface area contributed by atoms with Crippen LogP contribution in [0.25, 0.3) is 0 Å². The average molecular weight is 298 g/mol. The molecule has 3 rings (SSSR count). The fraction of sp³-hybridized carbons (Fsp3) is 0.333. The maximum atomic E-state index is 9.63. The van der Waals surface area contributed by atoms with E-state index < -0.39 is 0 Å². The Morgan fingerprint density at radius 1 is 0.682 bits per heavy atom. The summed E-state index contributed by atoms with van der Waals surface area (Å²) in [4.78, 5) is 4.69. The predicted octanol–water partition coefficient (Wildman–Crippen LogP) is 3.04. The molecule has 0 bridgehead atoms. The lowest BCUT2D eigenvalue weighted by Gasteiger charge is -2.37. The number of phenols is 2. The van der Waals surface area contributed by atoms with Gasteiger partial charge in [-0.15, -0.1) is 0 Å². The van der Waals surface area contributed by atoms with Gasteiger partial charge in [-0.3, -0.25) is 0 Å². The first-order valence-electron chi connectivity index (χ1n) is 7.64. The highest BCUT2D eigenvalue weighted by Gasteiger charge is 2.18. The van der Waals surface area contributed by atoms with Gasteiger partial charge < -0.3 is 20.0 Å². The largest absolute Gasteiger partial charge is 0.508 e. The first-order chi connectivity index (χ1) is 10.5. The van der Waals surface area contributed by atoms with Crippen LogP contribution in [0.3, 0.4) is 0 Å². The topological polar surface area (TPSA) is 46.9 Å². The number of aromatic hydroxyl groups is 2. The van der Waals surface area contributed by atoms with Crippen LogP contribution in [0.15, 0.2) is 36.4 Å². The third-order valence-electron chi connectivity index (χ3n) is 4.37. The number of nitrogens with zero attached hydrogens (tertiary/aromatic N) is 2. The second kappa shape index (κ2) is 5.79. The standard InChI is InChI=1S/C18H22N2O2/c1-13-11-15(3-5-17(13)21)19-7-9-20(10-8-19)16-4-6-18(22)14(2)12-16/h3-6,11-12,21-22H,7-10H2,1-2H3. The molecule has 1 aliphatic heterocycles. The molecule has 116 valence electrons. The lowest BCUT2D eigenvalue weighted by molar-refractivity contribution is 0.470. The number of hydrogen-bond acceptors (Lipinski definition) is 4. The van der Waals surface area contributed by atoms with Crippen molar-refractivity contribution in [3.8, 4) is 11.5 Å². The van der Waals surface area contributed by atoms with E-state index in [0.717, 1.165) is 48.7 Å². The molecule has 1 fully saturated rings. The maximum Gasteiger partial charge on any atom is 0.118 e. The molecule has 0 aromatic heterocycles. The molecule has 2 N–H and O–H groups in total. The van der Waals surface area contributed by atoms with Crippen LogP contribution in [0.4, 0.5) is 11.4 Å². The summed E-state index contributed by atoms with van der Waals surface area (Å²) in [6.07, 6.45) is 0. The van der Waals surface area contributed by atoms with E-state index in [1.807, 2.05) is 38.1 Å². The highest BCUT2D eigenvalue weighted by molar-refractivity contribution is 5.56. The van der Waals surface area contributed by atoms with Crippen molar-refractivity contribution in [2.45, 2.75) is 13.8 Å². The fourth-order valence-corrected chi connectivity index (χ4v) is 2.90. The SMILES string of the molecule is Cc1cc(N2CCN(c3ccc(O)c(C)c3)CC2)ccc1O. The third kappa shape index (κ3) is 2.82. The van der Waals surface area contributed by atoms with Gasteiger partial charge in [-0.1, -0.05) is 0 Å². The van der Waals surface area contributed by atoms with Crippen LogP contribution in [0, 0.1) is 13.8 Å². The molecule has 0 aliphatic carbocycles. The normalized spacial score (nSPS) is 15.2. The average Bonchev–Trinajstić information content (AvgIpc) is 2.53. The molecule has 1 aliphatic rings. The van der Waals surface area contributed by atoms with E-state index in [1.165, 1.54) is 0 Å². The number of anilines is 2. The lowest BCUT2D eigenvalue weighted by atomic mass is 10.1. The van der Waals surface area contributed by atoms with Crippen molar-refractivity contribution in [3.05, 3.63) is 47.5 Å². The molecule has 0 amide bonds. The molecule has 2 aromatic carbocycles. The monoisotopic (exact) mass is 298 g/mol. The number of piperazine rings is 1. The van der Waals surface area contributed by atoms with Gasteiger partial charge in [0.15, 0.2) is 0 Å². The summed E-state index contributed by atoms with van der Waals surface area (Å²) < 4.78 is 0. The van der Waals surface area contributed by atoms with Crippen LogP contribution in [0.5, 0.6) is 11.5 Å². The number of hydrogen-bond donors (Lipinski definition) is 2. The van der Waals surface area contributed by atoms with Crippen LogP contribution < -0.4 is 9.80 Å². The minimum atomic E-state index is 0.349. The first kappa shape index (κ1) is 14.6. The van der Waals surface area contributed by atoms with E-state index in [0.29, 0.717) is 11.5 Å². The summed E-state index contributed by atoms with van der Waals surface area (Å²) in [7, 11) is 0. The van der Waals surface area contributed by atoms with Crippen molar-refractivity contribution < 1.29 is 10.2 Å². The molecular weight excluding hydrogens is 276 g/mol. The number of phenolic OH excluding ortho intramolecular Hbond substituents is 2. The third-order valence-corrected chi connectivity index (χ3v) is 4.37. The zero-order valence-electron chi connectivity index (χ0n) is 13.1. The Labute approximate surface area is 131 Å². The van der Waals surface area contributed by atoms with Gasteiger partial charge in [0.05, 0.1) is 0 Å². The summed E-state index contributed by atoms with van der Waals surface area (Å²) in [5, 5.41) is 19.3. The summed E-state index contributed by atoms with van der Waals surface area (Å²) in [5.41, 5.74) is 4.15. The lowest BCUT2D eigenvalue weighted by Crippen LogP contribution is -2.46.